The number of rotatable bonds is 12. The van der Waals surface area contributed by atoms with E-state index in [9.17, 15) is 4.79 Å². The van der Waals surface area contributed by atoms with Crippen LogP contribution >= 0.6 is 0 Å². The number of hydrogen-bond acceptors (Lipinski definition) is 3. The second-order valence-electron chi connectivity index (χ2n) is 5.90. The molecule has 130 valence electrons. The Morgan fingerprint density at radius 1 is 1.13 bits per heavy atom. The molecular weight excluding hydrogens is 288 g/mol. The number of amides is 1. The lowest BCUT2D eigenvalue weighted by Gasteiger charge is -2.18. The van der Waals surface area contributed by atoms with E-state index in [-0.39, 0.29) is 12.5 Å². The fraction of sp³-hybridized carbons (Fsp3) is 0.632. The summed E-state index contributed by atoms with van der Waals surface area (Å²) < 4.78 is 5.40. The molecule has 0 unspecified atom stereocenters. The van der Waals surface area contributed by atoms with Crippen molar-refractivity contribution in [1.29, 1.82) is 0 Å². The second kappa shape index (κ2) is 11.9. The molecule has 0 saturated carbocycles. The van der Waals surface area contributed by atoms with E-state index in [1.807, 2.05) is 24.3 Å². The largest absolute Gasteiger partial charge is 0.385 e. The Morgan fingerprint density at radius 2 is 1.91 bits per heavy atom. The minimum Gasteiger partial charge on any atom is -0.385 e. The fourth-order valence-corrected chi connectivity index (χ4v) is 2.26. The minimum absolute atomic E-state index is 0.0128. The van der Waals surface area contributed by atoms with Crippen LogP contribution in [0.5, 0.6) is 0 Å². The lowest BCUT2D eigenvalue weighted by atomic mass is 10.2. The molecule has 0 spiro atoms. The highest BCUT2D eigenvalue weighted by Gasteiger charge is 2.11. The third kappa shape index (κ3) is 8.03. The Hall–Kier alpha value is -1.55. The van der Waals surface area contributed by atoms with Gasteiger partial charge in [0.2, 0.25) is 0 Å². The molecule has 0 aliphatic heterocycles. The third-order valence-corrected chi connectivity index (χ3v) is 3.83. The topological polar surface area (TPSA) is 41.6 Å². The summed E-state index contributed by atoms with van der Waals surface area (Å²) in [7, 11) is 1.80. The third-order valence-electron chi connectivity index (χ3n) is 3.83. The highest BCUT2D eigenvalue weighted by atomic mass is 16.5. The van der Waals surface area contributed by atoms with Gasteiger partial charge >= 0.3 is 0 Å². The van der Waals surface area contributed by atoms with Gasteiger partial charge in [-0.2, -0.15) is 0 Å². The van der Waals surface area contributed by atoms with Crippen molar-refractivity contribution in [3.63, 3.8) is 0 Å². The van der Waals surface area contributed by atoms with Crippen LogP contribution in [0.3, 0.4) is 0 Å². The summed E-state index contributed by atoms with van der Waals surface area (Å²) in [5, 5.41) is 3.43. The van der Waals surface area contributed by atoms with Gasteiger partial charge in [-0.3, -0.25) is 4.79 Å². The van der Waals surface area contributed by atoms with Gasteiger partial charge in [0.1, 0.15) is 6.61 Å². The number of unbranched alkanes of at least 4 members (excludes halogenated alkanes) is 4. The average molecular weight is 320 g/mol. The molecule has 0 fully saturated rings. The van der Waals surface area contributed by atoms with Crippen LogP contribution < -0.4 is 10.2 Å². The number of nitrogens with zero attached hydrogens (tertiary/aromatic N) is 1. The number of anilines is 2. The molecule has 0 bridgehead atoms. The molecular formula is C19H32N2O2. The maximum Gasteiger partial charge on any atom is 0.252 e. The van der Waals surface area contributed by atoms with E-state index in [1.54, 1.807) is 11.9 Å². The Kier molecular flexibility index (Phi) is 10.1. The first-order chi connectivity index (χ1) is 11.2. The van der Waals surface area contributed by atoms with Gasteiger partial charge in [0.05, 0.1) is 0 Å². The van der Waals surface area contributed by atoms with Crippen molar-refractivity contribution < 1.29 is 9.53 Å². The summed E-state index contributed by atoms with van der Waals surface area (Å²) >= 11 is 0. The molecule has 4 heteroatoms. The smallest absolute Gasteiger partial charge is 0.252 e. The van der Waals surface area contributed by atoms with Gasteiger partial charge in [0.15, 0.2) is 0 Å². The second-order valence-corrected chi connectivity index (χ2v) is 5.90. The lowest BCUT2D eigenvalue weighted by Crippen LogP contribution is -2.30. The number of likely N-dealkylation sites (N-methyl/N-ethyl adjacent to an activating group) is 1. The molecule has 0 atom stereocenters. The van der Waals surface area contributed by atoms with Gasteiger partial charge in [0, 0.05) is 31.6 Å². The molecule has 0 aliphatic rings. The fourth-order valence-electron chi connectivity index (χ4n) is 2.26. The van der Waals surface area contributed by atoms with Gasteiger partial charge in [-0.25, -0.2) is 0 Å². The van der Waals surface area contributed by atoms with Crippen LogP contribution in [0.1, 0.15) is 52.4 Å². The van der Waals surface area contributed by atoms with E-state index >= 15 is 0 Å². The number of benzene rings is 1. The van der Waals surface area contributed by atoms with Gasteiger partial charge in [-0.15, -0.1) is 0 Å². The Balaban J connectivity index is 2.43. The molecule has 23 heavy (non-hydrogen) atoms. The van der Waals surface area contributed by atoms with Crippen molar-refractivity contribution in [3.8, 4) is 0 Å². The van der Waals surface area contributed by atoms with Crippen molar-refractivity contribution in [2.45, 2.75) is 52.4 Å². The molecule has 1 amide bonds. The standard InChI is InChI=1S/C19H32N2O2/c1-4-6-8-9-13-20-17-11-10-12-18(15-17)21(3)19(22)16-23-14-7-5-2/h10-12,15,20H,4-9,13-14,16H2,1-3H3. The first-order valence-corrected chi connectivity index (χ1v) is 8.87. The molecule has 0 heterocycles. The summed E-state index contributed by atoms with van der Waals surface area (Å²) in [5.74, 6) is -0.0128. The maximum absolute atomic E-state index is 12.1. The Morgan fingerprint density at radius 3 is 2.65 bits per heavy atom. The molecule has 0 aliphatic carbocycles. The van der Waals surface area contributed by atoms with Crippen LogP contribution in [-0.2, 0) is 9.53 Å². The molecule has 1 rings (SSSR count). The first-order valence-electron chi connectivity index (χ1n) is 8.87. The molecule has 4 nitrogen and oxygen atoms in total. The van der Waals surface area contributed by atoms with Crippen LogP contribution in [0.25, 0.3) is 0 Å². The van der Waals surface area contributed by atoms with Crippen molar-refractivity contribution >= 4 is 17.3 Å². The molecule has 1 N–H and O–H groups in total. The molecule has 1 aromatic carbocycles. The molecule has 0 aromatic heterocycles. The monoisotopic (exact) mass is 320 g/mol. The van der Waals surface area contributed by atoms with E-state index < -0.39 is 0 Å². The van der Waals surface area contributed by atoms with E-state index in [4.69, 9.17) is 4.74 Å². The zero-order chi connectivity index (χ0) is 16.9. The van der Waals surface area contributed by atoms with Gasteiger partial charge in [-0.05, 0) is 31.0 Å². The highest BCUT2D eigenvalue weighted by molar-refractivity contribution is 5.94. The van der Waals surface area contributed by atoms with Crippen molar-refractivity contribution in [2.75, 3.05) is 37.0 Å². The van der Waals surface area contributed by atoms with Crippen LogP contribution in [0.2, 0.25) is 0 Å². The summed E-state index contributed by atoms with van der Waals surface area (Å²) in [4.78, 5) is 13.8. The number of hydrogen-bond donors (Lipinski definition) is 1. The van der Waals surface area contributed by atoms with Crippen molar-refractivity contribution in [1.82, 2.24) is 0 Å². The summed E-state index contributed by atoms with van der Waals surface area (Å²) in [6.07, 6.45) is 7.05. The number of carbonyl (C=O) groups is 1. The van der Waals surface area contributed by atoms with E-state index in [2.05, 4.69) is 19.2 Å². The van der Waals surface area contributed by atoms with Crippen LogP contribution in [0.4, 0.5) is 11.4 Å². The molecule has 1 aromatic rings. The predicted molar refractivity (Wildman–Crippen MR) is 98.2 cm³/mol. The zero-order valence-corrected chi connectivity index (χ0v) is 14.9. The van der Waals surface area contributed by atoms with E-state index in [0.29, 0.717) is 6.61 Å². The van der Waals surface area contributed by atoms with Crippen molar-refractivity contribution in [2.24, 2.45) is 0 Å². The van der Waals surface area contributed by atoms with E-state index in [1.165, 1.54) is 25.7 Å². The SMILES string of the molecule is CCCCCCNc1cccc(N(C)C(=O)COCCCC)c1. The number of carbonyl (C=O) groups excluding carboxylic acids is 1. The maximum atomic E-state index is 12.1. The van der Waals surface area contributed by atoms with Crippen molar-refractivity contribution in [3.05, 3.63) is 24.3 Å². The summed E-state index contributed by atoms with van der Waals surface area (Å²) in [5.41, 5.74) is 1.96. The van der Waals surface area contributed by atoms with Crippen LogP contribution in [0.15, 0.2) is 24.3 Å². The first kappa shape index (κ1) is 19.5. The molecule has 0 radical (unpaired) electrons. The van der Waals surface area contributed by atoms with Crippen LogP contribution in [-0.4, -0.2) is 32.7 Å². The number of ether oxygens (including phenoxy) is 1. The Bertz CT molecular complexity index is 449. The number of nitrogens with one attached hydrogen (secondary N) is 1. The van der Waals surface area contributed by atoms with Crippen LogP contribution in [0, 0.1) is 0 Å². The Labute approximate surface area is 141 Å². The molecule has 0 saturated heterocycles. The van der Waals surface area contributed by atoms with Gasteiger partial charge in [-0.1, -0.05) is 45.6 Å². The lowest BCUT2D eigenvalue weighted by molar-refractivity contribution is -0.122. The van der Waals surface area contributed by atoms with E-state index in [0.717, 1.165) is 30.8 Å². The highest BCUT2D eigenvalue weighted by Crippen LogP contribution is 2.19. The predicted octanol–water partition coefficient (Wildman–Crippen LogP) is 4.46. The average Bonchev–Trinajstić information content (AvgIpc) is 2.58. The van der Waals surface area contributed by atoms with Gasteiger partial charge in [0.25, 0.3) is 5.91 Å². The summed E-state index contributed by atoms with van der Waals surface area (Å²) in [6, 6.07) is 7.99. The quantitative estimate of drug-likeness (QED) is 0.578. The van der Waals surface area contributed by atoms with Gasteiger partial charge < -0.3 is 15.0 Å². The normalized spacial score (nSPS) is 10.6. The minimum atomic E-state index is -0.0128. The summed E-state index contributed by atoms with van der Waals surface area (Å²) in [6.45, 7) is 6.09. The zero-order valence-electron chi connectivity index (χ0n) is 14.9.